The van der Waals surface area contributed by atoms with Crippen LogP contribution in [0.15, 0.2) is 95.5 Å². The summed E-state index contributed by atoms with van der Waals surface area (Å²) in [5.74, 6) is 0. The maximum absolute atomic E-state index is 7.22. The van der Waals surface area contributed by atoms with Crippen LogP contribution in [0, 0.1) is 0 Å². The Bertz CT molecular complexity index is 1780. The molecule has 4 aromatic rings. The van der Waals surface area contributed by atoms with Gasteiger partial charge in [-0.15, -0.1) is 0 Å². The number of rotatable bonds is 23. The number of benzene rings is 4. The summed E-state index contributed by atoms with van der Waals surface area (Å²) in [6, 6.07) is 31.6. The minimum atomic E-state index is -0.836. The number of hydrogen-bond acceptors (Lipinski definition) is 1. The van der Waals surface area contributed by atoms with E-state index in [1.165, 1.54) is 133 Å². The molecule has 0 saturated carbocycles. The van der Waals surface area contributed by atoms with Crippen molar-refractivity contribution in [2.45, 2.75) is 151 Å². The summed E-state index contributed by atoms with van der Waals surface area (Å²) in [6.07, 6.45) is 20.3. The third kappa shape index (κ3) is 12.8. The second-order valence-corrected chi connectivity index (χ2v) is 20.1. The summed E-state index contributed by atoms with van der Waals surface area (Å²) in [5, 5.41) is 0. The van der Waals surface area contributed by atoms with Crippen molar-refractivity contribution in [2.75, 3.05) is 0 Å². The van der Waals surface area contributed by atoms with Crippen molar-refractivity contribution >= 4 is 40.4 Å². The first-order valence-corrected chi connectivity index (χ1v) is 25.3. The van der Waals surface area contributed by atoms with Gasteiger partial charge in [-0.1, -0.05) is 6.92 Å². The average Bonchev–Trinajstić information content (AvgIpc) is 3.19. The Morgan fingerprint density at radius 2 is 1.17 bits per heavy atom. The van der Waals surface area contributed by atoms with Crippen molar-refractivity contribution in [2.24, 2.45) is 4.99 Å². The molecule has 0 aromatic heterocycles. The van der Waals surface area contributed by atoms with Crippen molar-refractivity contribution < 1.29 is 10.7 Å². The van der Waals surface area contributed by atoms with E-state index < -0.39 is 10.7 Å². The topological polar surface area (TPSA) is 12.4 Å². The van der Waals surface area contributed by atoms with Gasteiger partial charge in [-0.2, -0.15) is 0 Å². The van der Waals surface area contributed by atoms with Crippen molar-refractivity contribution in [3.05, 3.63) is 118 Å². The van der Waals surface area contributed by atoms with Crippen LogP contribution in [0.5, 0.6) is 0 Å². The van der Waals surface area contributed by atoms with Crippen LogP contribution in [0.4, 0.5) is 5.69 Å². The third-order valence-corrected chi connectivity index (χ3v) is 13.3. The van der Waals surface area contributed by atoms with Crippen molar-refractivity contribution in [3.63, 3.8) is 0 Å². The molecular weight excluding hydrogens is 789 g/mol. The van der Waals surface area contributed by atoms with Gasteiger partial charge in [0, 0.05) is 0 Å². The first-order chi connectivity index (χ1) is 26.4. The Morgan fingerprint density at radius 3 is 1.76 bits per heavy atom. The van der Waals surface area contributed by atoms with Gasteiger partial charge in [-0.25, -0.2) is 0 Å². The molecule has 1 nitrogen and oxygen atoms in total. The van der Waals surface area contributed by atoms with Crippen LogP contribution in [0.3, 0.4) is 0 Å². The van der Waals surface area contributed by atoms with Crippen LogP contribution in [0.1, 0.15) is 153 Å². The molecule has 4 heteroatoms. The molecule has 4 aromatic carbocycles. The Morgan fingerprint density at radius 1 is 0.611 bits per heavy atom. The molecule has 0 aliphatic carbocycles. The van der Waals surface area contributed by atoms with Gasteiger partial charge < -0.3 is 0 Å². The second kappa shape index (κ2) is 24.2. The Hall–Kier alpha value is -2.45. The van der Waals surface area contributed by atoms with E-state index in [0.717, 1.165) is 48.0 Å². The van der Waals surface area contributed by atoms with Crippen LogP contribution in [-0.4, -0.2) is 5.71 Å². The standard InChI is InChI=1S/C50H66N.BrH.ClH.Ni/c1-7-12-15-17-18-22-31-44-35-40(36-48(47(44)33-14-9-3)42-27-23-19-24-28-42)34-39(6)49(11-5)51-46-37-41(10-4)50(43-29-25-20-26-30-43)45(38-46)32-21-16-13-8-2;;;/h19-20,23-30,35-38H,7-18,21-22,31-33H2,1-6H3;2*1H;/q;;;+2/p-2. The minimum absolute atomic E-state index is 0.830. The average molecular weight is 855 g/mol. The van der Waals surface area contributed by atoms with E-state index in [1.54, 1.807) is 0 Å². The SMILES string of the molecule is CCCCCCCCc1cc([C](=C(C)C(CC)=Nc2cc(CC)c(-c3ccccc3)c(CCCCCC)c2)[Ni]([Cl])[Br])cc(-c2ccccc2)c1CCCC. The van der Waals surface area contributed by atoms with Gasteiger partial charge in [0.25, 0.3) is 0 Å². The van der Waals surface area contributed by atoms with Crippen LogP contribution >= 0.6 is 24.4 Å². The Balaban J connectivity index is 1.87. The fourth-order valence-electron chi connectivity index (χ4n) is 7.78. The fraction of sp³-hybridized carbons (Fsp3) is 0.460. The van der Waals surface area contributed by atoms with Crippen molar-refractivity contribution in [1.29, 1.82) is 0 Å². The molecule has 0 fully saturated rings. The zero-order valence-corrected chi connectivity index (χ0v) is 37.5. The van der Waals surface area contributed by atoms with Crippen LogP contribution in [0.2, 0.25) is 0 Å². The molecule has 0 spiro atoms. The Kier molecular flexibility index (Phi) is 19.9. The summed E-state index contributed by atoms with van der Waals surface area (Å²) in [5.41, 5.74) is 15.7. The molecule has 0 heterocycles. The molecule has 0 bridgehead atoms. The molecule has 0 N–H and O–H groups in total. The molecule has 4 rings (SSSR count). The first-order valence-electron chi connectivity index (χ1n) is 21.0. The summed E-state index contributed by atoms with van der Waals surface area (Å²) in [6.45, 7) is 13.6. The van der Waals surface area contributed by atoms with Crippen LogP contribution in [0.25, 0.3) is 26.8 Å². The number of halogens is 2. The van der Waals surface area contributed by atoms with Gasteiger partial charge in [0.15, 0.2) is 0 Å². The molecule has 0 amide bonds. The van der Waals surface area contributed by atoms with E-state index in [1.807, 2.05) is 0 Å². The van der Waals surface area contributed by atoms with Gasteiger partial charge in [-0.3, -0.25) is 0 Å². The molecule has 0 radical (unpaired) electrons. The molecular formula is C50H66BrClNNi. The van der Waals surface area contributed by atoms with E-state index in [4.69, 9.17) is 15.2 Å². The monoisotopic (exact) mass is 852 g/mol. The number of aryl methyl sites for hydroxylation is 3. The van der Waals surface area contributed by atoms with E-state index in [0.29, 0.717) is 0 Å². The first kappa shape index (κ1) is 44.3. The van der Waals surface area contributed by atoms with E-state index in [-0.39, 0.29) is 0 Å². The fourth-order valence-corrected chi connectivity index (χ4v) is 10.6. The molecule has 0 unspecified atom stereocenters. The zero-order valence-electron chi connectivity index (χ0n) is 34.1. The molecule has 0 aliphatic rings. The number of unbranched alkanes of at least 4 members (excludes halogenated alkanes) is 9. The van der Waals surface area contributed by atoms with Gasteiger partial charge in [0.2, 0.25) is 0 Å². The normalized spacial score (nSPS) is 12.6. The van der Waals surface area contributed by atoms with Gasteiger partial charge in [0.1, 0.15) is 0 Å². The van der Waals surface area contributed by atoms with Crippen LogP contribution in [-0.2, 0) is 36.4 Å². The van der Waals surface area contributed by atoms with Gasteiger partial charge in [0.05, 0.1) is 0 Å². The van der Waals surface area contributed by atoms with E-state index >= 15 is 0 Å². The second-order valence-electron chi connectivity index (χ2n) is 14.8. The summed E-state index contributed by atoms with van der Waals surface area (Å²) < 4.78 is 1.16. The third-order valence-electron chi connectivity index (χ3n) is 10.7. The predicted octanol–water partition coefficient (Wildman–Crippen LogP) is 16.9. The van der Waals surface area contributed by atoms with E-state index in [9.17, 15) is 0 Å². The molecule has 0 saturated heterocycles. The summed E-state index contributed by atoms with van der Waals surface area (Å²) in [7, 11) is 6.38. The van der Waals surface area contributed by atoms with E-state index in [2.05, 4.69) is 141 Å². The predicted molar refractivity (Wildman–Crippen MR) is 241 cm³/mol. The summed E-state index contributed by atoms with van der Waals surface area (Å²) in [4.78, 5) is 5.49. The number of nitrogens with zero attached hydrogens (tertiary/aromatic N) is 1. The quantitative estimate of drug-likeness (QED) is 0.0400. The number of aliphatic imine (C=N–C) groups is 1. The molecule has 54 heavy (non-hydrogen) atoms. The van der Waals surface area contributed by atoms with Crippen molar-refractivity contribution in [3.8, 4) is 22.3 Å². The zero-order chi connectivity index (χ0) is 38.7. The maximum atomic E-state index is 7.22. The number of allylic oxidation sites excluding steroid dienone is 1. The Labute approximate surface area is 345 Å². The molecule has 0 aliphatic heterocycles. The van der Waals surface area contributed by atoms with Gasteiger partial charge in [-0.05, 0) is 0 Å². The number of hydrogen-bond donors (Lipinski definition) is 0. The van der Waals surface area contributed by atoms with Crippen LogP contribution < -0.4 is 0 Å². The van der Waals surface area contributed by atoms with Gasteiger partial charge >= 0.3 is 340 Å². The molecule has 295 valence electrons. The molecule has 0 atom stereocenters. The summed E-state index contributed by atoms with van der Waals surface area (Å²) >= 11 is 3.92. The van der Waals surface area contributed by atoms with Crippen molar-refractivity contribution in [1.82, 2.24) is 0 Å².